The first-order chi connectivity index (χ1) is 62.8. The number of ketones is 8. The number of cyclic esters (lactones) is 4. The van der Waals surface area contributed by atoms with Crippen LogP contribution in [-0.2, 0) is 117 Å². The lowest BCUT2D eigenvalue weighted by atomic mass is 9.73. The van der Waals surface area contributed by atoms with Gasteiger partial charge in [0.15, 0.2) is 69.9 Å². The SMILES string of the molecule is COc1ccc(CCC2(C3CCCC3)CC(=O)C(C(=O)Cc3cc(C)no3)C(=O)O2)c(OC)c1.COc1ccc(CCC2(C3CCCC3)CC(=O)C(C(=O)Cc3cccnc3)C(=O)O2)cc1.COc1ccc(CCC2(C3CCCC3)CC(=O)C(C(=O)c3ccccc3)C(=O)O2)c(OC)c1.O=C(Cc1cccnc1)C1C(=O)CC(CCc2cccc(Cl)c2)(C2CCCC2)OC1=O. The van der Waals surface area contributed by atoms with Gasteiger partial charge >= 0.3 is 23.9 Å². The predicted molar refractivity (Wildman–Crippen MR) is 479 cm³/mol. The summed E-state index contributed by atoms with van der Waals surface area (Å²) in [4.78, 5) is 164. The summed E-state index contributed by atoms with van der Waals surface area (Å²) in [5.41, 5.74) is 2.95. The molecule has 8 atom stereocenters. The Morgan fingerprint density at radius 2 is 0.746 bits per heavy atom. The molecule has 8 fully saturated rings. The van der Waals surface area contributed by atoms with Crippen LogP contribution in [0, 0.1) is 54.3 Å². The number of nitrogens with zero attached hydrogens (tertiary/aromatic N) is 3. The molecule has 0 N–H and O–H groups in total. The monoisotopic (exact) mass is 1790 g/mol. The molecular weight excluding hydrogens is 1680 g/mol. The van der Waals surface area contributed by atoms with Crippen molar-refractivity contribution in [2.24, 2.45) is 47.3 Å². The molecule has 26 heteroatoms. The van der Waals surface area contributed by atoms with E-state index >= 15 is 0 Å². The molecule has 5 aromatic carbocycles. The molecular formula is C104H116ClN3O22. The van der Waals surface area contributed by atoms with Gasteiger partial charge in [-0.3, -0.25) is 67.5 Å². The molecule has 4 aliphatic heterocycles. The van der Waals surface area contributed by atoms with E-state index in [1.165, 1.54) is 0 Å². The number of carbonyl (C=O) groups excluding carboxylic acids is 12. The van der Waals surface area contributed by atoms with E-state index in [4.69, 9.17) is 58.8 Å². The quantitative estimate of drug-likeness (QED) is 0.0164. The fourth-order valence-corrected chi connectivity index (χ4v) is 20.9. The summed E-state index contributed by atoms with van der Waals surface area (Å²) in [7, 11) is 8.03. The van der Waals surface area contributed by atoms with Crippen LogP contribution in [0.5, 0.6) is 28.7 Å². The smallest absolute Gasteiger partial charge is 0.325 e. The van der Waals surface area contributed by atoms with Crippen molar-refractivity contribution >= 4 is 81.7 Å². The van der Waals surface area contributed by atoms with Gasteiger partial charge in [0, 0.05) is 92.1 Å². The molecule has 8 aliphatic rings. The molecule has 8 unspecified atom stereocenters. The molecule has 16 rings (SSSR count). The predicted octanol–water partition coefficient (Wildman–Crippen LogP) is 16.8. The van der Waals surface area contributed by atoms with E-state index in [1.54, 1.807) is 128 Å². The summed E-state index contributed by atoms with van der Waals surface area (Å²) in [5, 5.41) is 4.42. The number of benzene rings is 5. The fourth-order valence-electron chi connectivity index (χ4n) is 20.7. The number of aryl methyl sites for hydroxylation is 5. The highest BCUT2D eigenvalue weighted by Gasteiger charge is 2.58. The van der Waals surface area contributed by atoms with Crippen molar-refractivity contribution in [1.82, 2.24) is 15.1 Å². The van der Waals surface area contributed by atoms with Crippen molar-refractivity contribution in [1.29, 1.82) is 0 Å². The van der Waals surface area contributed by atoms with Gasteiger partial charge in [0.05, 0.1) is 47.7 Å². The van der Waals surface area contributed by atoms with E-state index in [2.05, 4.69) is 15.1 Å². The Hall–Kier alpha value is -11.9. The second-order valence-corrected chi connectivity index (χ2v) is 36.3. The van der Waals surface area contributed by atoms with Gasteiger partial charge in [0.2, 0.25) is 0 Å². The van der Waals surface area contributed by atoms with Crippen molar-refractivity contribution in [2.75, 3.05) is 35.5 Å². The molecule has 0 amide bonds. The summed E-state index contributed by atoms with van der Waals surface area (Å²) < 4.78 is 56.1. The summed E-state index contributed by atoms with van der Waals surface area (Å²) >= 11 is 6.11. The highest BCUT2D eigenvalue weighted by Crippen LogP contribution is 2.51. The lowest BCUT2D eigenvalue weighted by Gasteiger charge is -2.42. The number of ether oxygens (including phenoxy) is 9. The molecule has 4 saturated heterocycles. The minimum Gasteiger partial charge on any atom is -0.497 e. The van der Waals surface area contributed by atoms with E-state index in [1.807, 2.05) is 84.9 Å². The van der Waals surface area contributed by atoms with Crippen LogP contribution in [0.4, 0.5) is 0 Å². The van der Waals surface area contributed by atoms with Crippen molar-refractivity contribution < 1.29 is 105 Å². The maximum Gasteiger partial charge on any atom is 0.325 e. The summed E-state index contributed by atoms with van der Waals surface area (Å²) in [5.74, 6) is -7.04. The number of hydrogen-bond donors (Lipinski definition) is 0. The Labute approximate surface area is 763 Å². The maximum absolute atomic E-state index is 13.2. The lowest BCUT2D eigenvalue weighted by molar-refractivity contribution is -0.188. The Balaban J connectivity index is 0.000000148. The number of hydrogen-bond acceptors (Lipinski definition) is 25. The van der Waals surface area contributed by atoms with Crippen molar-refractivity contribution in [2.45, 2.75) is 228 Å². The molecule has 4 saturated carbocycles. The molecule has 0 radical (unpaired) electrons. The standard InChI is InChI=1S/C27H30O6.C26H31NO7.C26H29NO5.C25H26ClNO4/c1-31-21-13-12-18(23(16-21)32-2)14-15-27(20-10-6-7-11-20)17-22(28)24(26(30)33-27)25(29)19-8-4-3-5-9-19;1-16-12-20(34-27-16)13-21(28)24-22(29)15-26(33-25(24)30,18-6-4-5-7-18)11-10-17-8-9-19(31-2)14-23(17)32-3;1-31-21-10-8-18(9-11-21)12-13-26(20-6-2-3-7-20)16-23(29)24(25(30)32-26)22(28)15-19-5-4-14-27-17-19;26-20-9-3-5-17(13-20)10-11-25(19-7-1-2-8-19)15-22(29)23(24(30)31-25)21(28)14-18-6-4-12-27-16-18/h3-5,8-9,12-13,16,20,24H,6-7,10-11,14-15,17H2,1-2H3;8-9,12,14,18,24H,4-7,10-11,13,15H2,1-3H3;4-5,8-11,14,17,20,24H,2-3,6-7,12-13,15-16H2,1H3;3-6,9,12-13,16,19,23H,1-2,7-8,10-11,14-15H2. The molecule has 686 valence electrons. The largest absolute Gasteiger partial charge is 0.497 e. The minimum absolute atomic E-state index is 0.00161. The van der Waals surface area contributed by atoms with Crippen LogP contribution in [0.3, 0.4) is 0 Å². The van der Waals surface area contributed by atoms with E-state index in [0.717, 1.165) is 131 Å². The second kappa shape index (κ2) is 44.2. The summed E-state index contributed by atoms with van der Waals surface area (Å²) in [6.07, 6.45) is 27.0. The van der Waals surface area contributed by atoms with Crippen molar-refractivity contribution in [3.63, 3.8) is 0 Å². The van der Waals surface area contributed by atoms with Gasteiger partial charge in [-0.1, -0.05) is 147 Å². The first-order valence-electron chi connectivity index (χ1n) is 45.5. The summed E-state index contributed by atoms with van der Waals surface area (Å²) in [6.45, 7) is 1.74. The van der Waals surface area contributed by atoms with Crippen LogP contribution in [0.2, 0.25) is 5.02 Å². The third-order valence-electron chi connectivity index (χ3n) is 27.6. The molecule has 0 spiro atoms. The Bertz CT molecular complexity index is 5270. The van der Waals surface area contributed by atoms with Crippen LogP contribution in [0.25, 0.3) is 0 Å². The third kappa shape index (κ3) is 23.3. The molecule has 3 aromatic heterocycles. The van der Waals surface area contributed by atoms with Gasteiger partial charge in [0.1, 0.15) is 56.9 Å². The van der Waals surface area contributed by atoms with Gasteiger partial charge in [0.25, 0.3) is 0 Å². The highest BCUT2D eigenvalue weighted by molar-refractivity contribution is 6.30. The molecule has 7 heterocycles. The number of pyridine rings is 2. The zero-order chi connectivity index (χ0) is 92.1. The Morgan fingerprint density at radius 3 is 1.10 bits per heavy atom. The zero-order valence-corrected chi connectivity index (χ0v) is 75.7. The van der Waals surface area contributed by atoms with Crippen LogP contribution in [0.1, 0.15) is 209 Å². The fraction of sp³-hybridized carbons (Fsp3) is 0.471. The van der Waals surface area contributed by atoms with Gasteiger partial charge in [-0.05, 0) is 215 Å². The Morgan fingerprint density at radius 1 is 0.377 bits per heavy atom. The number of rotatable bonds is 32. The van der Waals surface area contributed by atoms with E-state index < -0.39 is 93.1 Å². The minimum atomic E-state index is -1.41. The molecule has 8 aromatic rings. The highest BCUT2D eigenvalue weighted by atomic mass is 35.5. The van der Waals surface area contributed by atoms with Gasteiger partial charge in [-0.15, -0.1) is 0 Å². The number of Topliss-reactive ketones (excluding diaryl/α,β-unsaturated/α-hetero) is 8. The number of carbonyl (C=O) groups is 12. The lowest BCUT2D eigenvalue weighted by Crippen LogP contribution is -2.53. The average Bonchev–Trinajstić information content (AvgIpc) is 1.19. The van der Waals surface area contributed by atoms with Gasteiger partial charge in [-0.2, -0.15) is 0 Å². The third-order valence-corrected chi connectivity index (χ3v) is 27.8. The number of aromatic nitrogens is 3. The molecule has 130 heavy (non-hydrogen) atoms. The first-order valence-corrected chi connectivity index (χ1v) is 45.9. The van der Waals surface area contributed by atoms with Crippen LogP contribution < -0.4 is 23.7 Å². The van der Waals surface area contributed by atoms with Crippen molar-refractivity contribution in [3.8, 4) is 28.7 Å². The topological polar surface area (TPSA) is 340 Å². The van der Waals surface area contributed by atoms with Crippen LogP contribution in [-0.4, -0.2) is 143 Å². The number of esters is 4. The second-order valence-electron chi connectivity index (χ2n) is 35.8. The van der Waals surface area contributed by atoms with Crippen molar-refractivity contribution in [3.05, 3.63) is 226 Å². The molecule has 4 aliphatic carbocycles. The number of halogens is 1. The van der Waals surface area contributed by atoms with E-state index in [-0.39, 0.29) is 91.8 Å². The van der Waals surface area contributed by atoms with E-state index in [9.17, 15) is 57.5 Å². The number of methoxy groups -OCH3 is 5. The molecule has 25 nitrogen and oxygen atoms in total. The normalized spacial score (nSPS) is 23.6. The maximum atomic E-state index is 13.2. The van der Waals surface area contributed by atoms with Gasteiger partial charge in [-0.25, -0.2) is 0 Å². The Kier molecular flexibility index (Phi) is 32.5. The molecule has 0 bridgehead atoms. The zero-order valence-electron chi connectivity index (χ0n) is 74.9. The van der Waals surface area contributed by atoms with E-state index in [0.29, 0.717) is 108 Å². The summed E-state index contributed by atoms with van der Waals surface area (Å²) in [6, 6.07) is 43.7. The van der Waals surface area contributed by atoms with Crippen LogP contribution >= 0.6 is 11.6 Å². The van der Waals surface area contributed by atoms with Gasteiger partial charge < -0.3 is 47.2 Å². The first kappa shape index (κ1) is 95.7. The van der Waals surface area contributed by atoms with Crippen LogP contribution in [0.15, 0.2) is 175 Å². The average molecular weight is 1800 g/mol.